The number of aliphatic carboxylic acids is 1. The molecular formula is C15H14N2O2. The van der Waals surface area contributed by atoms with E-state index in [9.17, 15) is 4.79 Å². The second-order valence-corrected chi connectivity index (χ2v) is 4.27. The van der Waals surface area contributed by atoms with Crippen molar-refractivity contribution in [1.29, 1.82) is 0 Å². The van der Waals surface area contributed by atoms with Crippen LogP contribution in [0, 0.1) is 12.3 Å². The Morgan fingerprint density at radius 2 is 2.26 bits per heavy atom. The maximum atomic E-state index is 10.8. The Morgan fingerprint density at radius 1 is 1.42 bits per heavy atom. The van der Waals surface area contributed by atoms with Crippen LogP contribution in [-0.2, 0) is 11.3 Å². The molecule has 4 heteroatoms. The Labute approximate surface area is 111 Å². The normalized spacial score (nSPS) is 10.5. The lowest BCUT2D eigenvalue weighted by atomic mass is 10.1. The summed E-state index contributed by atoms with van der Waals surface area (Å²) in [6.07, 6.45) is 7.00. The number of benzene rings is 1. The van der Waals surface area contributed by atoms with Crippen molar-refractivity contribution in [3.63, 3.8) is 0 Å². The third kappa shape index (κ3) is 3.54. The van der Waals surface area contributed by atoms with Gasteiger partial charge in [0.1, 0.15) is 0 Å². The molecule has 0 aliphatic rings. The van der Waals surface area contributed by atoms with Crippen molar-refractivity contribution < 1.29 is 9.90 Å². The largest absolute Gasteiger partial charge is 0.480 e. The van der Waals surface area contributed by atoms with Crippen LogP contribution in [0.15, 0.2) is 36.5 Å². The summed E-state index contributed by atoms with van der Waals surface area (Å²) >= 11 is 0. The van der Waals surface area contributed by atoms with E-state index in [0.29, 0.717) is 13.1 Å². The van der Waals surface area contributed by atoms with E-state index in [1.165, 1.54) is 0 Å². The van der Waals surface area contributed by atoms with Gasteiger partial charge in [0.15, 0.2) is 0 Å². The van der Waals surface area contributed by atoms with Gasteiger partial charge in [-0.15, -0.1) is 6.42 Å². The second-order valence-electron chi connectivity index (χ2n) is 4.27. The second kappa shape index (κ2) is 5.98. The van der Waals surface area contributed by atoms with E-state index < -0.39 is 5.97 Å². The molecule has 0 radical (unpaired) electrons. The van der Waals surface area contributed by atoms with Crippen molar-refractivity contribution in [2.45, 2.75) is 6.54 Å². The number of fused-ring (bicyclic) bond motifs is 1. The summed E-state index contributed by atoms with van der Waals surface area (Å²) in [6.45, 7) is 0.772. The molecule has 0 saturated heterocycles. The van der Waals surface area contributed by atoms with E-state index in [1.54, 1.807) is 11.1 Å². The minimum Gasteiger partial charge on any atom is -0.480 e. The zero-order valence-corrected chi connectivity index (χ0v) is 10.4. The van der Waals surface area contributed by atoms with E-state index in [0.717, 1.165) is 16.5 Å². The van der Waals surface area contributed by atoms with Gasteiger partial charge in [-0.05, 0) is 23.8 Å². The summed E-state index contributed by atoms with van der Waals surface area (Å²) < 4.78 is 0. The van der Waals surface area contributed by atoms with Crippen LogP contribution in [0.25, 0.3) is 10.9 Å². The van der Waals surface area contributed by atoms with Crippen LogP contribution in [-0.4, -0.2) is 34.0 Å². The van der Waals surface area contributed by atoms with Crippen LogP contribution in [0.2, 0.25) is 0 Å². The highest BCUT2D eigenvalue weighted by Gasteiger charge is 2.09. The summed E-state index contributed by atoms with van der Waals surface area (Å²) in [5.74, 6) is 1.60. The molecule has 1 heterocycles. The molecule has 1 aromatic heterocycles. The quantitative estimate of drug-likeness (QED) is 0.826. The molecule has 0 bridgehead atoms. The van der Waals surface area contributed by atoms with Gasteiger partial charge in [-0.1, -0.05) is 18.1 Å². The fourth-order valence-electron chi connectivity index (χ4n) is 1.97. The van der Waals surface area contributed by atoms with E-state index in [4.69, 9.17) is 11.5 Å². The number of aromatic nitrogens is 1. The van der Waals surface area contributed by atoms with Gasteiger partial charge in [-0.25, -0.2) is 0 Å². The number of carboxylic acid groups (broad SMARTS) is 1. The predicted octanol–water partition coefficient (Wildman–Crippen LogP) is 1.75. The van der Waals surface area contributed by atoms with Crippen molar-refractivity contribution in [3.8, 4) is 12.3 Å². The third-order valence-electron chi connectivity index (χ3n) is 2.75. The maximum absolute atomic E-state index is 10.8. The molecule has 2 rings (SSSR count). The topological polar surface area (TPSA) is 53.4 Å². The average Bonchev–Trinajstić information content (AvgIpc) is 2.38. The lowest BCUT2D eigenvalue weighted by Gasteiger charge is -2.17. The predicted molar refractivity (Wildman–Crippen MR) is 73.5 cm³/mol. The van der Waals surface area contributed by atoms with Crippen molar-refractivity contribution >= 4 is 16.9 Å². The summed E-state index contributed by atoms with van der Waals surface area (Å²) in [4.78, 5) is 16.7. The third-order valence-corrected chi connectivity index (χ3v) is 2.75. The Morgan fingerprint density at radius 3 is 3.00 bits per heavy atom. The fraction of sp³-hybridized carbons (Fsp3) is 0.200. The molecule has 0 spiro atoms. The van der Waals surface area contributed by atoms with E-state index in [2.05, 4.69) is 10.9 Å². The molecule has 4 nitrogen and oxygen atoms in total. The Hall–Kier alpha value is -2.38. The van der Waals surface area contributed by atoms with Crippen LogP contribution >= 0.6 is 0 Å². The van der Waals surface area contributed by atoms with Gasteiger partial charge in [0.05, 0.1) is 18.6 Å². The van der Waals surface area contributed by atoms with Gasteiger partial charge in [0, 0.05) is 18.1 Å². The lowest BCUT2D eigenvalue weighted by Crippen LogP contribution is -2.29. The van der Waals surface area contributed by atoms with Gasteiger partial charge >= 0.3 is 5.97 Å². The number of nitrogens with zero attached hydrogens (tertiary/aromatic N) is 2. The van der Waals surface area contributed by atoms with Crippen LogP contribution in [0.1, 0.15) is 5.56 Å². The molecule has 2 aromatic rings. The SMILES string of the molecule is C#CCN(CC(=O)O)Cc1ccc2ncccc2c1. The zero-order chi connectivity index (χ0) is 13.7. The first kappa shape index (κ1) is 13.1. The molecule has 0 aliphatic heterocycles. The number of carbonyl (C=O) groups is 1. The molecule has 19 heavy (non-hydrogen) atoms. The molecular weight excluding hydrogens is 240 g/mol. The van der Waals surface area contributed by atoms with Crippen LogP contribution in [0.5, 0.6) is 0 Å². The van der Waals surface area contributed by atoms with Crippen molar-refractivity contribution in [2.75, 3.05) is 13.1 Å². The van der Waals surface area contributed by atoms with Crippen molar-refractivity contribution in [1.82, 2.24) is 9.88 Å². The molecule has 96 valence electrons. The fourth-order valence-corrected chi connectivity index (χ4v) is 1.97. The summed E-state index contributed by atoms with van der Waals surface area (Å²) in [7, 11) is 0. The smallest absolute Gasteiger partial charge is 0.317 e. The highest BCUT2D eigenvalue weighted by atomic mass is 16.4. The molecule has 0 amide bonds. The first-order chi connectivity index (χ1) is 9.19. The molecule has 0 fully saturated rings. The number of pyridine rings is 1. The first-order valence-corrected chi connectivity index (χ1v) is 5.90. The van der Waals surface area contributed by atoms with Gasteiger partial charge in [-0.2, -0.15) is 0 Å². The van der Waals surface area contributed by atoms with Gasteiger partial charge in [0.2, 0.25) is 0 Å². The number of terminal acetylenes is 1. The Bertz CT molecular complexity index is 631. The van der Waals surface area contributed by atoms with Gasteiger partial charge < -0.3 is 5.11 Å². The monoisotopic (exact) mass is 254 g/mol. The summed E-state index contributed by atoms with van der Waals surface area (Å²) in [6, 6.07) is 9.74. The Kier molecular flexibility index (Phi) is 4.11. The minimum atomic E-state index is -0.877. The minimum absolute atomic E-state index is 0.0602. The van der Waals surface area contributed by atoms with Gasteiger partial charge in [-0.3, -0.25) is 14.7 Å². The first-order valence-electron chi connectivity index (χ1n) is 5.90. The molecule has 1 N–H and O–H groups in total. The van der Waals surface area contributed by atoms with Crippen LogP contribution in [0.4, 0.5) is 0 Å². The average molecular weight is 254 g/mol. The standard InChI is InChI=1S/C15H14N2O2/c1-2-8-17(11-15(18)19)10-12-5-6-14-13(9-12)4-3-7-16-14/h1,3-7,9H,8,10-11H2,(H,18,19). The number of hydrogen-bond acceptors (Lipinski definition) is 3. The van der Waals surface area contributed by atoms with E-state index >= 15 is 0 Å². The number of hydrogen-bond donors (Lipinski definition) is 1. The van der Waals surface area contributed by atoms with Crippen LogP contribution < -0.4 is 0 Å². The number of carboxylic acids is 1. The van der Waals surface area contributed by atoms with E-state index in [-0.39, 0.29) is 6.54 Å². The van der Waals surface area contributed by atoms with Gasteiger partial charge in [0.25, 0.3) is 0 Å². The molecule has 0 atom stereocenters. The van der Waals surface area contributed by atoms with E-state index in [1.807, 2.05) is 30.3 Å². The maximum Gasteiger partial charge on any atom is 0.317 e. The van der Waals surface area contributed by atoms with Crippen molar-refractivity contribution in [3.05, 3.63) is 42.1 Å². The molecule has 0 aliphatic carbocycles. The van der Waals surface area contributed by atoms with Crippen LogP contribution in [0.3, 0.4) is 0 Å². The molecule has 1 aromatic carbocycles. The molecule has 0 saturated carbocycles. The highest BCUT2D eigenvalue weighted by Crippen LogP contribution is 2.14. The number of rotatable bonds is 5. The lowest BCUT2D eigenvalue weighted by molar-refractivity contribution is -0.138. The summed E-state index contributed by atoms with van der Waals surface area (Å²) in [5.41, 5.74) is 1.95. The van der Waals surface area contributed by atoms with Crippen molar-refractivity contribution in [2.24, 2.45) is 0 Å². The Balaban J connectivity index is 2.18. The zero-order valence-electron chi connectivity index (χ0n) is 10.4. The highest BCUT2D eigenvalue weighted by molar-refractivity contribution is 5.78. The summed E-state index contributed by atoms with van der Waals surface area (Å²) in [5, 5.41) is 9.88. The molecule has 0 unspecified atom stereocenters.